The fraction of sp³-hybridized carbons (Fsp3) is 0.333. The van der Waals surface area contributed by atoms with Crippen molar-refractivity contribution in [1.29, 1.82) is 0 Å². The van der Waals surface area contributed by atoms with E-state index >= 15 is 0 Å². The molecule has 2 heteroatoms. The Balaban J connectivity index is 2.38. The average molecular weight is 192 g/mol. The predicted molar refractivity (Wildman–Crippen MR) is 58.5 cm³/mol. The first kappa shape index (κ1) is 10.8. The molecule has 0 atom stereocenters. The van der Waals surface area contributed by atoms with Crippen LogP contribution in [0, 0.1) is 0 Å². The van der Waals surface area contributed by atoms with E-state index < -0.39 is 0 Å². The van der Waals surface area contributed by atoms with Gasteiger partial charge in [-0.2, -0.15) is 0 Å². The monoisotopic (exact) mass is 192 g/mol. The van der Waals surface area contributed by atoms with Crippen LogP contribution in [0.5, 0.6) is 5.75 Å². The van der Waals surface area contributed by atoms with Gasteiger partial charge in [-0.05, 0) is 17.7 Å². The SMILES string of the molecule is C=Cc1cccc(OCCCOC)c1. The van der Waals surface area contributed by atoms with Crippen molar-refractivity contribution < 1.29 is 9.47 Å². The lowest BCUT2D eigenvalue weighted by Gasteiger charge is -2.05. The highest BCUT2D eigenvalue weighted by Gasteiger charge is 1.93. The molecule has 14 heavy (non-hydrogen) atoms. The molecule has 0 fully saturated rings. The van der Waals surface area contributed by atoms with Gasteiger partial charge in [0, 0.05) is 20.1 Å². The van der Waals surface area contributed by atoms with Gasteiger partial charge in [-0.1, -0.05) is 24.8 Å². The van der Waals surface area contributed by atoms with Crippen molar-refractivity contribution in [3.05, 3.63) is 36.4 Å². The molecule has 0 radical (unpaired) electrons. The Morgan fingerprint density at radius 2 is 2.21 bits per heavy atom. The van der Waals surface area contributed by atoms with Gasteiger partial charge in [0.1, 0.15) is 5.75 Å². The summed E-state index contributed by atoms with van der Waals surface area (Å²) in [6.45, 7) is 5.13. The molecule has 0 unspecified atom stereocenters. The van der Waals surface area contributed by atoms with E-state index in [0.717, 1.165) is 24.3 Å². The Kier molecular flexibility index (Phi) is 4.79. The van der Waals surface area contributed by atoms with E-state index in [1.165, 1.54) is 0 Å². The van der Waals surface area contributed by atoms with Crippen LogP contribution in [0.2, 0.25) is 0 Å². The molecule has 0 N–H and O–H groups in total. The number of rotatable bonds is 6. The van der Waals surface area contributed by atoms with E-state index in [9.17, 15) is 0 Å². The van der Waals surface area contributed by atoms with Crippen molar-refractivity contribution in [3.8, 4) is 5.75 Å². The van der Waals surface area contributed by atoms with Crippen LogP contribution in [0.4, 0.5) is 0 Å². The third-order valence-electron chi connectivity index (χ3n) is 1.86. The zero-order chi connectivity index (χ0) is 10.2. The van der Waals surface area contributed by atoms with Gasteiger partial charge in [-0.3, -0.25) is 0 Å². The number of methoxy groups -OCH3 is 1. The lowest BCUT2D eigenvalue weighted by molar-refractivity contribution is 0.172. The summed E-state index contributed by atoms with van der Waals surface area (Å²) in [6, 6.07) is 7.87. The Hall–Kier alpha value is -1.28. The van der Waals surface area contributed by atoms with Crippen molar-refractivity contribution in [3.63, 3.8) is 0 Å². The number of ether oxygens (including phenoxy) is 2. The standard InChI is InChI=1S/C12H16O2/c1-3-11-6-4-7-12(10-11)14-9-5-8-13-2/h3-4,6-7,10H,1,5,8-9H2,2H3. The smallest absolute Gasteiger partial charge is 0.119 e. The molecule has 0 heterocycles. The molecule has 1 rings (SSSR count). The van der Waals surface area contributed by atoms with Crippen LogP contribution in [-0.4, -0.2) is 20.3 Å². The van der Waals surface area contributed by atoms with Gasteiger partial charge in [-0.15, -0.1) is 0 Å². The van der Waals surface area contributed by atoms with Crippen LogP contribution >= 0.6 is 0 Å². The topological polar surface area (TPSA) is 18.5 Å². The molecule has 1 aromatic rings. The van der Waals surface area contributed by atoms with Crippen LogP contribution < -0.4 is 4.74 Å². The molecule has 0 bridgehead atoms. The quantitative estimate of drug-likeness (QED) is 0.645. The second kappa shape index (κ2) is 6.22. The minimum Gasteiger partial charge on any atom is -0.493 e. The van der Waals surface area contributed by atoms with E-state index in [0.29, 0.717) is 6.61 Å². The summed E-state index contributed by atoms with van der Waals surface area (Å²) in [4.78, 5) is 0. The maximum absolute atomic E-state index is 5.52. The highest BCUT2D eigenvalue weighted by atomic mass is 16.5. The molecule has 0 amide bonds. The molecule has 0 aliphatic heterocycles. The minimum absolute atomic E-state index is 0.689. The molecule has 2 nitrogen and oxygen atoms in total. The Morgan fingerprint density at radius 3 is 2.93 bits per heavy atom. The molecule has 0 saturated carbocycles. The number of benzene rings is 1. The van der Waals surface area contributed by atoms with Gasteiger partial charge < -0.3 is 9.47 Å². The van der Waals surface area contributed by atoms with E-state index in [4.69, 9.17) is 9.47 Å². The van der Waals surface area contributed by atoms with Gasteiger partial charge >= 0.3 is 0 Å². The maximum Gasteiger partial charge on any atom is 0.119 e. The van der Waals surface area contributed by atoms with Gasteiger partial charge in [0.15, 0.2) is 0 Å². The summed E-state index contributed by atoms with van der Waals surface area (Å²) in [7, 11) is 1.69. The van der Waals surface area contributed by atoms with Crippen molar-refractivity contribution in [2.75, 3.05) is 20.3 Å². The van der Waals surface area contributed by atoms with Crippen molar-refractivity contribution in [2.24, 2.45) is 0 Å². The maximum atomic E-state index is 5.52. The van der Waals surface area contributed by atoms with E-state index in [2.05, 4.69) is 6.58 Å². The molecule has 0 spiro atoms. The largest absolute Gasteiger partial charge is 0.493 e. The minimum atomic E-state index is 0.689. The summed E-state index contributed by atoms with van der Waals surface area (Å²) in [5, 5.41) is 0. The second-order valence-corrected chi connectivity index (χ2v) is 2.97. The Bertz CT molecular complexity index is 281. The van der Waals surface area contributed by atoms with Gasteiger partial charge in [-0.25, -0.2) is 0 Å². The second-order valence-electron chi connectivity index (χ2n) is 2.97. The summed E-state index contributed by atoms with van der Waals surface area (Å²) >= 11 is 0. The zero-order valence-corrected chi connectivity index (χ0v) is 8.53. The van der Waals surface area contributed by atoms with Crippen LogP contribution in [0.25, 0.3) is 6.08 Å². The molecular formula is C12H16O2. The van der Waals surface area contributed by atoms with Crippen molar-refractivity contribution in [1.82, 2.24) is 0 Å². The normalized spacial score (nSPS) is 9.79. The third-order valence-corrected chi connectivity index (χ3v) is 1.86. The average Bonchev–Trinajstić information content (AvgIpc) is 2.25. The first-order valence-electron chi connectivity index (χ1n) is 4.71. The van der Waals surface area contributed by atoms with Crippen molar-refractivity contribution in [2.45, 2.75) is 6.42 Å². The fourth-order valence-electron chi connectivity index (χ4n) is 1.12. The number of hydrogen-bond acceptors (Lipinski definition) is 2. The molecule has 76 valence electrons. The lowest BCUT2D eigenvalue weighted by Crippen LogP contribution is -2.01. The molecule has 0 aliphatic rings. The highest BCUT2D eigenvalue weighted by molar-refractivity contribution is 5.49. The third kappa shape index (κ3) is 3.62. The van der Waals surface area contributed by atoms with Crippen molar-refractivity contribution >= 4 is 6.08 Å². The van der Waals surface area contributed by atoms with Crippen LogP contribution in [-0.2, 0) is 4.74 Å². The van der Waals surface area contributed by atoms with Crippen LogP contribution in [0.1, 0.15) is 12.0 Å². The van der Waals surface area contributed by atoms with E-state index in [1.807, 2.05) is 30.3 Å². The van der Waals surface area contributed by atoms with Gasteiger partial charge in [0.05, 0.1) is 6.61 Å². The molecular weight excluding hydrogens is 176 g/mol. The molecule has 0 aliphatic carbocycles. The first-order valence-corrected chi connectivity index (χ1v) is 4.71. The van der Waals surface area contributed by atoms with Crippen LogP contribution in [0.3, 0.4) is 0 Å². The molecule has 0 saturated heterocycles. The Morgan fingerprint density at radius 1 is 1.36 bits per heavy atom. The number of hydrogen-bond donors (Lipinski definition) is 0. The van der Waals surface area contributed by atoms with Gasteiger partial charge in [0.25, 0.3) is 0 Å². The van der Waals surface area contributed by atoms with E-state index in [-0.39, 0.29) is 0 Å². The highest BCUT2D eigenvalue weighted by Crippen LogP contribution is 2.13. The predicted octanol–water partition coefficient (Wildman–Crippen LogP) is 2.74. The fourth-order valence-corrected chi connectivity index (χ4v) is 1.12. The van der Waals surface area contributed by atoms with Crippen LogP contribution in [0.15, 0.2) is 30.8 Å². The lowest BCUT2D eigenvalue weighted by atomic mass is 10.2. The Labute approximate surface area is 85.2 Å². The summed E-state index contributed by atoms with van der Waals surface area (Å²) in [6.07, 6.45) is 2.72. The zero-order valence-electron chi connectivity index (χ0n) is 8.53. The summed E-state index contributed by atoms with van der Waals surface area (Å²) < 4.78 is 10.5. The van der Waals surface area contributed by atoms with Gasteiger partial charge in [0.2, 0.25) is 0 Å². The molecule has 1 aromatic carbocycles. The van der Waals surface area contributed by atoms with E-state index in [1.54, 1.807) is 7.11 Å². The summed E-state index contributed by atoms with van der Waals surface area (Å²) in [5.41, 5.74) is 1.08. The summed E-state index contributed by atoms with van der Waals surface area (Å²) in [5.74, 6) is 0.888. The first-order chi connectivity index (χ1) is 6.86. The molecule has 0 aromatic heterocycles.